The second-order valence-corrected chi connectivity index (χ2v) is 22.3. The van der Waals surface area contributed by atoms with E-state index in [0.29, 0.717) is 82.7 Å². The average Bonchev–Trinajstić information content (AvgIpc) is 3.53. The number of aryl methyl sites for hydroxylation is 2. The van der Waals surface area contributed by atoms with Crippen molar-refractivity contribution in [2.75, 3.05) is 37.2 Å². The molecule has 0 spiro atoms. The molecule has 5 N–H and O–H groups in total. The number of nitrogens with zero attached hydrogens (tertiary/aromatic N) is 10. The van der Waals surface area contributed by atoms with Gasteiger partial charge in [-0.3, -0.25) is 52.7 Å². The largest absolute Gasteiger partial charge is 0.382 e. The Balaban J connectivity index is 0.000000189. The Morgan fingerprint density at radius 2 is 1.02 bits per heavy atom. The number of benzene rings is 2. The van der Waals surface area contributed by atoms with Crippen LogP contribution in [0.3, 0.4) is 0 Å². The van der Waals surface area contributed by atoms with Crippen LogP contribution in [0.4, 0.5) is 11.6 Å². The van der Waals surface area contributed by atoms with Crippen LogP contribution in [0.5, 0.6) is 0 Å². The molecule has 4 amide bonds. The number of hydrogen-bond acceptors (Lipinski definition) is 15. The third-order valence-corrected chi connectivity index (χ3v) is 13.6. The van der Waals surface area contributed by atoms with E-state index in [1.165, 1.54) is 33.7 Å². The SMILES string of the molecule is CC1(C)CN(C(=O)Cn2c(=O)c(C(=O)NCc3ccc(Cl)cc3)cc3cc(C=O)cnc32)C1.Cc1cnc(N)cn1.Cc1cnc(NCc2cnc3c(c2)cc(C(=O)NCc2ccc(Cl)cc2)c(=O)n3CC(=O)N2CC(C)(C)C2)cn1. The number of carbonyl (C=O) groups is 5. The summed E-state index contributed by atoms with van der Waals surface area (Å²) >= 11 is 11.8. The number of nitrogens with one attached hydrogen (secondary N) is 3. The van der Waals surface area contributed by atoms with Gasteiger partial charge in [-0.1, -0.05) is 75.2 Å². The first kappa shape index (κ1) is 58.2. The van der Waals surface area contributed by atoms with Crippen LogP contribution in [-0.4, -0.2) is 105 Å². The molecule has 0 bridgehead atoms. The van der Waals surface area contributed by atoms with Crippen molar-refractivity contribution in [3.05, 3.63) is 185 Å². The first-order valence-electron chi connectivity index (χ1n) is 25.7. The molecule has 2 aliphatic heterocycles. The van der Waals surface area contributed by atoms with Gasteiger partial charge in [0.05, 0.1) is 36.2 Å². The number of anilines is 2. The number of fused-ring (bicyclic) bond motifs is 2. The van der Waals surface area contributed by atoms with Gasteiger partial charge >= 0.3 is 0 Å². The lowest BCUT2D eigenvalue weighted by molar-refractivity contribution is -0.142. The maximum atomic E-state index is 13.5. The van der Waals surface area contributed by atoms with Crippen LogP contribution in [0.2, 0.25) is 10.0 Å². The normalized spacial score (nSPS) is 13.8. The maximum absolute atomic E-state index is 13.5. The van der Waals surface area contributed by atoms with Crippen LogP contribution >= 0.6 is 23.2 Å². The minimum atomic E-state index is -0.615. The molecule has 0 atom stereocenters. The Morgan fingerprint density at radius 1 is 0.568 bits per heavy atom. The Hall–Kier alpha value is -8.95. The van der Waals surface area contributed by atoms with Gasteiger partial charge in [-0.25, -0.2) is 19.9 Å². The van der Waals surface area contributed by atoms with E-state index in [1.54, 1.807) is 89.2 Å². The van der Waals surface area contributed by atoms with Crippen molar-refractivity contribution in [2.24, 2.45) is 10.8 Å². The lowest BCUT2D eigenvalue weighted by atomic mass is 9.84. The molecule has 21 nitrogen and oxygen atoms in total. The molecule has 0 saturated carbocycles. The molecule has 0 aliphatic carbocycles. The predicted molar refractivity (Wildman–Crippen MR) is 309 cm³/mol. The molecule has 2 aromatic carbocycles. The third kappa shape index (κ3) is 15.0. The fourth-order valence-electron chi connectivity index (χ4n) is 9.01. The minimum absolute atomic E-state index is 0.0448. The number of amides is 4. The molecule has 2 fully saturated rings. The summed E-state index contributed by atoms with van der Waals surface area (Å²) in [4.78, 5) is 118. The van der Waals surface area contributed by atoms with Gasteiger partial charge in [-0.05, 0) is 89.9 Å². The summed E-state index contributed by atoms with van der Waals surface area (Å²) < 4.78 is 2.50. The fourth-order valence-corrected chi connectivity index (χ4v) is 9.26. The van der Waals surface area contributed by atoms with Crippen molar-refractivity contribution >= 4 is 86.8 Å². The fraction of sp³-hybridized carbons (Fsp3) is 0.293. The molecule has 6 aromatic heterocycles. The van der Waals surface area contributed by atoms with Crippen molar-refractivity contribution in [2.45, 2.75) is 74.3 Å². The van der Waals surface area contributed by atoms with Gasteiger partial charge in [0, 0.05) is 84.6 Å². The highest BCUT2D eigenvalue weighted by Crippen LogP contribution is 2.30. The molecule has 2 aliphatic rings. The van der Waals surface area contributed by atoms with Crippen LogP contribution < -0.4 is 32.8 Å². The Labute approximate surface area is 476 Å². The molecule has 8 heterocycles. The molecule has 2 saturated heterocycles. The first-order valence-corrected chi connectivity index (χ1v) is 26.5. The molecule has 0 radical (unpaired) electrons. The van der Waals surface area contributed by atoms with E-state index in [1.807, 2.05) is 19.9 Å². The topological polar surface area (TPSA) is 275 Å². The highest BCUT2D eigenvalue weighted by molar-refractivity contribution is 6.30. The molecular formula is C58H60Cl2N14O7. The Morgan fingerprint density at radius 3 is 1.44 bits per heavy atom. The number of nitrogen functional groups attached to an aromatic ring is 1. The standard InChI is InChI=1S/C29H30ClN7O3.C24H23ClN4O4.C5H7N3/c1-18-10-32-24(14-31-18)33-12-20-8-21-9-23(27(39)35-11-19-4-6-22(30)7-5-19)28(40)37(26(21)34-13-20)15-25(38)36-16-29(2,3)17-36;1-24(2)13-28(14-24)20(31)11-29-21-17(7-16(12-30)10-26-21)8-19(23(29)33)22(32)27-9-15-3-5-18(25)6-4-15;1-4-2-8-5(6)3-7-4/h4-10,13-14H,11-12,15-17H2,1-3H3,(H,32,33)(H,35,39);3-8,10,12H,9,11,13-14H2,1-2H3,(H,27,32);2-3H,1H3,(H2,6,8). The van der Waals surface area contributed by atoms with Gasteiger partial charge in [-0.15, -0.1) is 0 Å². The quantitative estimate of drug-likeness (QED) is 0.0837. The maximum Gasteiger partial charge on any atom is 0.265 e. The highest BCUT2D eigenvalue weighted by atomic mass is 35.5. The van der Waals surface area contributed by atoms with Crippen LogP contribution in [0.1, 0.15) is 86.8 Å². The van der Waals surface area contributed by atoms with Crippen molar-refractivity contribution in [1.82, 2.24) is 59.5 Å². The van der Waals surface area contributed by atoms with Gasteiger partial charge in [0.2, 0.25) is 11.8 Å². The van der Waals surface area contributed by atoms with Crippen LogP contribution in [-0.2, 0) is 42.3 Å². The molecule has 418 valence electrons. The number of aldehydes is 1. The molecular weight excluding hydrogens is 1080 g/mol. The van der Waals surface area contributed by atoms with E-state index in [2.05, 4.69) is 73.5 Å². The van der Waals surface area contributed by atoms with Gasteiger partial charge in [0.25, 0.3) is 22.9 Å². The summed E-state index contributed by atoms with van der Waals surface area (Å²) in [5.41, 5.74) is 9.02. The summed E-state index contributed by atoms with van der Waals surface area (Å²) in [7, 11) is 0. The second kappa shape index (κ2) is 25.0. The summed E-state index contributed by atoms with van der Waals surface area (Å²) in [6.45, 7) is 14.8. The van der Waals surface area contributed by atoms with E-state index >= 15 is 0 Å². The first-order chi connectivity index (χ1) is 38.5. The van der Waals surface area contributed by atoms with E-state index in [-0.39, 0.29) is 65.6 Å². The zero-order valence-electron chi connectivity index (χ0n) is 45.5. The van der Waals surface area contributed by atoms with Crippen LogP contribution in [0, 0.1) is 24.7 Å². The molecule has 81 heavy (non-hydrogen) atoms. The monoisotopic (exact) mass is 1130 g/mol. The third-order valence-electron chi connectivity index (χ3n) is 13.1. The lowest BCUT2D eigenvalue weighted by Crippen LogP contribution is -2.56. The summed E-state index contributed by atoms with van der Waals surface area (Å²) in [6.07, 6.45) is 10.1. The zero-order chi connectivity index (χ0) is 58.2. The van der Waals surface area contributed by atoms with Crippen molar-refractivity contribution in [3.8, 4) is 0 Å². The van der Waals surface area contributed by atoms with Gasteiger partial charge in [-0.2, -0.15) is 0 Å². The van der Waals surface area contributed by atoms with E-state index < -0.39 is 22.9 Å². The van der Waals surface area contributed by atoms with Crippen molar-refractivity contribution in [1.29, 1.82) is 0 Å². The molecule has 10 rings (SSSR count). The van der Waals surface area contributed by atoms with Gasteiger partial charge in [0.15, 0.2) is 6.29 Å². The predicted octanol–water partition coefficient (Wildman–Crippen LogP) is 6.59. The lowest BCUT2D eigenvalue weighted by Gasteiger charge is -2.45. The number of aromatic nitrogens is 8. The van der Waals surface area contributed by atoms with Crippen LogP contribution in [0.25, 0.3) is 22.1 Å². The van der Waals surface area contributed by atoms with E-state index in [4.69, 9.17) is 28.9 Å². The summed E-state index contributed by atoms with van der Waals surface area (Å²) in [5.74, 6) is -0.451. The van der Waals surface area contributed by atoms with Gasteiger partial charge < -0.3 is 31.5 Å². The zero-order valence-corrected chi connectivity index (χ0v) is 47.0. The number of pyridine rings is 4. The molecule has 0 unspecified atom stereocenters. The number of rotatable bonds is 14. The summed E-state index contributed by atoms with van der Waals surface area (Å²) in [6, 6.07) is 20.4. The van der Waals surface area contributed by atoms with Crippen molar-refractivity contribution < 1.29 is 24.0 Å². The Bertz CT molecular complexity index is 3740. The van der Waals surface area contributed by atoms with E-state index in [9.17, 15) is 33.6 Å². The summed E-state index contributed by atoms with van der Waals surface area (Å²) in [5, 5.41) is 10.9. The van der Waals surface area contributed by atoms with Crippen molar-refractivity contribution in [3.63, 3.8) is 0 Å². The van der Waals surface area contributed by atoms with Gasteiger partial charge in [0.1, 0.15) is 47.1 Å². The highest BCUT2D eigenvalue weighted by Gasteiger charge is 2.38. The van der Waals surface area contributed by atoms with Crippen LogP contribution in [0.15, 0.2) is 120 Å². The number of nitrogens with two attached hydrogens (primary N) is 1. The molecule has 23 heteroatoms. The smallest absolute Gasteiger partial charge is 0.265 e. The Kier molecular flexibility index (Phi) is 18.0. The minimum Gasteiger partial charge on any atom is -0.382 e. The average molecular weight is 1140 g/mol. The number of carbonyl (C=O) groups excluding carboxylic acids is 5. The number of halogens is 2. The van der Waals surface area contributed by atoms with E-state index in [0.717, 1.165) is 28.1 Å². The molecule has 8 aromatic rings. The number of likely N-dealkylation sites (tertiary alicyclic amines) is 2. The number of hydrogen-bond donors (Lipinski definition) is 4. The second-order valence-electron chi connectivity index (χ2n) is 21.4.